The quantitative estimate of drug-likeness (QED) is 0.839. The van der Waals surface area contributed by atoms with Crippen LogP contribution in [0.2, 0.25) is 0 Å². The van der Waals surface area contributed by atoms with E-state index in [1.165, 1.54) is 6.20 Å². The summed E-state index contributed by atoms with van der Waals surface area (Å²) in [6.07, 6.45) is 3.07. The normalized spacial score (nSPS) is 10.5. The van der Waals surface area contributed by atoms with Crippen molar-refractivity contribution in [2.75, 3.05) is 7.05 Å². The van der Waals surface area contributed by atoms with Crippen molar-refractivity contribution in [3.05, 3.63) is 40.8 Å². The standard InChI is InChI=1S/C13H16N4O2/c1-8-5-15-12(6-14-8)13(18)17(4)7-11-9(2)16-19-10(11)3/h5-6H,7H2,1-4H3. The van der Waals surface area contributed by atoms with Crippen molar-refractivity contribution in [2.45, 2.75) is 27.3 Å². The van der Waals surface area contributed by atoms with Gasteiger partial charge < -0.3 is 9.42 Å². The number of hydrogen-bond donors (Lipinski definition) is 0. The van der Waals surface area contributed by atoms with E-state index >= 15 is 0 Å². The van der Waals surface area contributed by atoms with Gasteiger partial charge in [-0.1, -0.05) is 5.16 Å². The lowest BCUT2D eigenvalue weighted by Gasteiger charge is -2.16. The third-order valence-electron chi connectivity index (χ3n) is 2.92. The first-order valence-corrected chi connectivity index (χ1v) is 5.95. The predicted octanol–water partition coefficient (Wildman–Crippen LogP) is 1.66. The molecule has 0 N–H and O–H groups in total. The Morgan fingerprint density at radius 1 is 1.26 bits per heavy atom. The van der Waals surface area contributed by atoms with E-state index in [0.717, 1.165) is 22.7 Å². The fourth-order valence-corrected chi connectivity index (χ4v) is 1.74. The second-order valence-electron chi connectivity index (χ2n) is 4.51. The van der Waals surface area contributed by atoms with E-state index < -0.39 is 0 Å². The number of nitrogens with zero attached hydrogens (tertiary/aromatic N) is 4. The van der Waals surface area contributed by atoms with Gasteiger partial charge in [0.1, 0.15) is 11.5 Å². The molecule has 100 valence electrons. The molecule has 0 saturated heterocycles. The van der Waals surface area contributed by atoms with E-state index in [0.29, 0.717) is 12.2 Å². The van der Waals surface area contributed by atoms with Crippen molar-refractivity contribution < 1.29 is 9.32 Å². The van der Waals surface area contributed by atoms with Crippen molar-refractivity contribution in [2.24, 2.45) is 0 Å². The Hall–Kier alpha value is -2.24. The molecule has 0 unspecified atom stereocenters. The van der Waals surface area contributed by atoms with Crippen molar-refractivity contribution in [1.82, 2.24) is 20.0 Å². The number of hydrogen-bond acceptors (Lipinski definition) is 5. The minimum absolute atomic E-state index is 0.174. The summed E-state index contributed by atoms with van der Waals surface area (Å²) in [5, 5.41) is 3.87. The Labute approximate surface area is 111 Å². The van der Waals surface area contributed by atoms with Crippen LogP contribution in [0.5, 0.6) is 0 Å². The Morgan fingerprint density at radius 2 is 2.00 bits per heavy atom. The molecule has 0 spiro atoms. The molecule has 1 amide bonds. The molecule has 6 heteroatoms. The maximum atomic E-state index is 12.2. The van der Waals surface area contributed by atoms with Crippen LogP contribution < -0.4 is 0 Å². The van der Waals surface area contributed by atoms with Crippen LogP contribution in [0.1, 0.15) is 33.2 Å². The second kappa shape index (κ2) is 5.17. The Bertz CT molecular complexity index is 570. The van der Waals surface area contributed by atoms with E-state index in [1.54, 1.807) is 18.1 Å². The van der Waals surface area contributed by atoms with Crippen LogP contribution >= 0.6 is 0 Å². The van der Waals surface area contributed by atoms with Gasteiger partial charge in [-0.15, -0.1) is 0 Å². The van der Waals surface area contributed by atoms with Gasteiger partial charge in [-0.05, 0) is 20.8 Å². The summed E-state index contributed by atoms with van der Waals surface area (Å²) in [5.41, 5.74) is 2.84. The van der Waals surface area contributed by atoms with Gasteiger partial charge in [0.15, 0.2) is 0 Å². The SMILES string of the molecule is Cc1cnc(C(=O)N(C)Cc2c(C)noc2C)cn1. The monoisotopic (exact) mass is 260 g/mol. The molecule has 0 aliphatic rings. The van der Waals surface area contributed by atoms with Crippen LogP contribution in [0, 0.1) is 20.8 Å². The minimum atomic E-state index is -0.174. The van der Waals surface area contributed by atoms with Crippen molar-refractivity contribution in [3.8, 4) is 0 Å². The van der Waals surface area contributed by atoms with Crippen molar-refractivity contribution in [1.29, 1.82) is 0 Å². The minimum Gasteiger partial charge on any atom is -0.361 e. The molecule has 0 bridgehead atoms. The molecule has 2 aromatic heterocycles. The molecule has 0 aliphatic heterocycles. The van der Waals surface area contributed by atoms with Crippen molar-refractivity contribution in [3.63, 3.8) is 0 Å². The molecule has 2 heterocycles. The predicted molar refractivity (Wildman–Crippen MR) is 68.5 cm³/mol. The Balaban J connectivity index is 2.14. The van der Waals surface area contributed by atoms with Gasteiger partial charge in [0.05, 0.1) is 24.1 Å². The van der Waals surface area contributed by atoms with Gasteiger partial charge in [0.25, 0.3) is 5.91 Å². The van der Waals surface area contributed by atoms with E-state index in [9.17, 15) is 4.79 Å². The highest BCUT2D eigenvalue weighted by atomic mass is 16.5. The van der Waals surface area contributed by atoms with E-state index in [4.69, 9.17) is 4.52 Å². The third kappa shape index (κ3) is 2.78. The zero-order valence-electron chi connectivity index (χ0n) is 11.5. The second-order valence-corrected chi connectivity index (χ2v) is 4.51. The number of carbonyl (C=O) groups is 1. The fourth-order valence-electron chi connectivity index (χ4n) is 1.74. The summed E-state index contributed by atoms with van der Waals surface area (Å²) in [6.45, 7) is 5.96. The van der Waals surface area contributed by atoms with Crippen LogP contribution in [0.3, 0.4) is 0 Å². The van der Waals surface area contributed by atoms with Crippen LogP contribution in [-0.2, 0) is 6.54 Å². The highest BCUT2D eigenvalue weighted by Crippen LogP contribution is 2.15. The molecule has 0 saturated carbocycles. The largest absolute Gasteiger partial charge is 0.361 e. The molecule has 0 aliphatic carbocycles. The van der Waals surface area contributed by atoms with Gasteiger partial charge >= 0.3 is 0 Å². The lowest BCUT2D eigenvalue weighted by Crippen LogP contribution is -2.27. The van der Waals surface area contributed by atoms with Gasteiger partial charge in [0, 0.05) is 18.8 Å². The summed E-state index contributed by atoms with van der Waals surface area (Å²) in [5.74, 6) is 0.555. The van der Waals surface area contributed by atoms with E-state index in [2.05, 4.69) is 15.1 Å². The first-order chi connectivity index (χ1) is 8.99. The lowest BCUT2D eigenvalue weighted by atomic mass is 10.2. The van der Waals surface area contributed by atoms with Crippen LogP contribution in [0.25, 0.3) is 0 Å². The van der Waals surface area contributed by atoms with Gasteiger partial charge in [-0.2, -0.15) is 0 Å². The average molecular weight is 260 g/mol. The van der Waals surface area contributed by atoms with Crippen molar-refractivity contribution >= 4 is 5.91 Å². The summed E-state index contributed by atoms with van der Waals surface area (Å²) < 4.78 is 5.08. The molecular weight excluding hydrogens is 244 g/mol. The van der Waals surface area contributed by atoms with Gasteiger partial charge in [-0.3, -0.25) is 9.78 Å². The zero-order chi connectivity index (χ0) is 14.0. The Morgan fingerprint density at radius 3 is 2.53 bits per heavy atom. The summed E-state index contributed by atoms with van der Waals surface area (Å²) >= 11 is 0. The van der Waals surface area contributed by atoms with E-state index in [-0.39, 0.29) is 5.91 Å². The van der Waals surface area contributed by atoms with Crippen LogP contribution in [0.4, 0.5) is 0 Å². The highest BCUT2D eigenvalue weighted by molar-refractivity contribution is 5.91. The first-order valence-electron chi connectivity index (χ1n) is 5.95. The lowest BCUT2D eigenvalue weighted by molar-refractivity contribution is 0.0778. The summed E-state index contributed by atoms with van der Waals surface area (Å²) in [6, 6.07) is 0. The number of amides is 1. The van der Waals surface area contributed by atoms with Crippen LogP contribution in [0.15, 0.2) is 16.9 Å². The molecule has 0 aromatic carbocycles. The molecule has 2 aromatic rings. The maximum Gasteiger partial charge on any atom is 0.274 e. The molecule has 0 atom stereocenters. The molecule has 0 radical (unpaired) electrons. The van der Waals surface area contributed by atoms with Gasteiger partial charge in [-0.25, -0.2) is 4.98 Å². The highest BCUT2D eigenvalue weighted by Gasteiger charge is 2.17. The number of rotatable bonds is 3. The smallest absolute Gasteiger partial charge is 0.274 e. The third-order valence-corrected chi connectivity index (χ3v) is 2.92. The van der Waals surface area contributed by atoms with Gasteiger partial charge in [0.2, 0.25) is 0 Å². The van der Waals surface area contributed by atoms with Crippen LogP contribution in [-0.4, -0.2) is 33.0 Å². The number of carbonyl (C=O) groups excluding carboxylic acids is 1. The average Bonchev–Trinajstić information content (AvgIpc) is 2.70. The number of aryl methyl sites for hydroxylation is 3. The first kappa shape index (κ1) is 13.2. The molecular formula is C13H16N4O2. The molecule has 6 nitrogen and oxygen atoms in total. The molecule has 2 rings (SSSR count). The van der Waals surface area contributed by atoms with E-state index in [1.807, 2.05) is 20.8 Å². The summed E-state index contributed by atoms with van der Waals surface area (Å²) in [4.78, 5) is 21.9. The fraction of sp³-hybridized carbons (Fsp3) is 0.385. The zero-order valence-corrected chi connectivity index (χ0v) is 11.5. The summed E-state index contributed by atoms with van der Waals surface area (Å²) in [7, 11) is 1.72. The Kier molecular flexibility index (Phi) is 3.59. The number of aromatic nitrogens is 3. The molecule has 19 heavy (non-hydrogen) atoms. The molecule has 0 fully saturated rings. The maximum absolute atomic E-state index is 12.2. The topological polar surface area (TPSA) is 72.1 Å².